The van der Waals surface area contributed by atoms with E-state index < -0.39 is 5.97 Å². The van der Waals surface area contributed by atoms with Crippen LogP contribution in [0.15, 0.2) is 18.2 Å². The number of carboxylic acids is 1. The number of hydrogen-bond donors (Lipinski definition) is 3. The Labute approximate surface area is 84.9 Å². The average molecular weight is 208 g/mol. The van der Waals surface area contributed by atoms with Crippen molar-refractivity contribution in [1.82, 2.24) is 0 Å². The molecule has 0 radical (unpaired) electrons. The summed E-state index contributed by atoms with van der Waals surface area (Å²) in [6.07, 6.45) is 0.745. The molecule has 6 nitrogen and oxygen atoms in total. The second-order valence-corrected chi connectivity index (χ2v) is 2.56. The van der Waals surface area contributed by atoms with E-state index in [1.165, 1.54) is 18.2 Å². The van der Waals surface area contributed by atoms with Crippen LogP contribution in [0.4, 0.5) is 11.4 Å². The minimum Gasteiger partial charge on any atom is -0.478 e. The van der Waals surface area contributed by atoms with E-state index in [9.17, 15) is 14.4 Å². The molecule has 0 saturated heterocycles. The van der Waals surface area contributed by atoms with E-state index in [4.69, 9.17) is 5.11 Å². The fourth-order valence-corrected chi connectivity index (χ4v) is 1.13. The lowest BCUT2D eigenvalue weighted by Crippen LogP contribution is -2.08. The van der Waals surface area contributed by atoms with Gasteiger partial charge in [-0.2, -0.15) is 0 Å². The van der Waals surface area contributed by atoms with Gasteiger partial charge in [0.1, 0.15) is 0 Å². The van der Waals surface area contributed by atoms with Gasteiger partial charge < -0.3 is 15.7 Å². The van der Waals surface area contributed by atoms with E-state index >= 15 is 0 Å². The number of amides is 2. The first kappa shape index (κ1) is 10.7. The molecule has 2 amide bonds. The minimum absolute atomic E-state index is 0.0621. The van der Waals surface area contributed by atoms with Crippen LogP contribution in [0.2, 0.25) is 0 Å². The van der Waals surface area contributed by atoms with Gasteiger partial charge in [0.05, 0.1) is 16.9 Å². The van der Waals surface area contributed by atoms with Gasteiger partial charge in [-0.15, -0.1) is 0 Å². The Balaban J connectivity index is 3.26. The van der Waals surface area contributed by atoms with Crippen molar-refractivity contribution in [3.05, 3.63) is 23.8 Å². The third-order valence-electron chi connectivity index (χ3n) is 1.71. The zero-order valence-corrected chi connectivity index (χ0v) is 7.56. The number of carbonyl (C=O) groups is 3. The molecule has 0 heterocycles. The first-order valence-corrected chi connectivity index (χ1v) is 3.97. The van der Waals surface area contributed by atoms with E-state index in [0.29, 0.717) is 12.8 Å². The first-order chi connectivity index (χ1) is 7.20. The first-order valence-electron chi connectivity index (χ1n) is 3.97. The van der Waals surface area contributed by atoms with Crippen molar-refractivity contribution in [3.63, 3.8) is 0 Å². The third kappa shape index (κ3) is 2.31. The number of para-hydroxylation sites is 1. The zero-order chi connectivity index (χ0) is 11.3. The molecule has 15 heavy (non-hydrogen) atoms. The molecule has 1 rings (SSSR count). The molecule has 0 bridgehead atoms. The highest BCUT2D eigenvalue weighted by atomic mass is 16.4. The Morgan fingerprint density at radius 3 is 2.40 bits per heavy atom. The summed E-state index contributed by atoms with van der Waals surface area (Å²) in [5, 5.41) is 13.3. The summed E-state index contributed by atoms with van der Waals surface area (Å²) in [4.78, 5) is 31.3. The number of rotatable bonds is 5. The Kier molecular flexibility index (Phi) is 3.39. The molecular formula is C9H8N2O4. The van der Waals surface area contributed by atoms with E-state index in [2.05, 4.69) is 10.6 Å². The monoisotopic (exact) mass is 208 g/mol. The van der Waals surface area contributed by atoms with Crippen LogP contribution < -0.4 is 10.6 Å². The number of nitrogens with one attached hydrogen (secondary N) is 2. The van der Waals surface area contributed by atoms with Gasteiger partial charge in [0.15, 0.2) is 0 Å². The van der Waals surface area contributed by atoms with E-state index in [1.54, 1.807) is 0 Å². The number of benzene rings is 1. The number of aromatic carboxylic acids is 1. The van der Waals surface area contributed by atoms with Gasteiger partial charge in [-0.25, -0.2) is 4.79 Å². The maximum Gasteiger partial charge on any atom is 0.337 e. The average Bonchev–Trinajstić information content (AvgIpc) is 2.21. The molecule has 0 aliphatic rings. The molecule has 6 heteroatoms. The summed E-state index contributed by atoms with van der Waals surface area (Å²) in [5.74, 6) is -1.19. The summed E-state index contributed by atoms with van der Waals surface area (Å²) >= 11 is 0. The van der Waals surface area contributed by atoms with Crippen LogP contribution in [0.25, 0.3) is 0 Å². The molecule has 0 unspecified atom stereocenters. The van der Waals surface area contributed by atoms with Crippen LogP contribution in [-0.4, -0.2) is 23.9 Å². The van der Waals surface area contributed by atoms with Gasteiger partial charge in [-0.1, -0.05) is 6.07 Å². The SMILES string of the molecule is O=CNc1cccc(C(=O)O)c1NC=O. The normalized spacial score (nSPS) is 9.07. The van der Waals surface area contributed by atoms with E-state index in [-0.39, 0.29) is 16.9 Å². The summed E-state index contributed by atoms with van der Waals surface area (Å²) in [6.45, 7) is 0. The number of anilines is 2. The Morgan fingerprint density at radius 1 is 1.20 bits per heavy atom. The Bertz CT molecular complexity index is 403. The maximum atomic E-state index is 10.8. The molecule has 1 aromatic carbocycles. The second kappa shape index (κ2) is 4.75. The standard InChI is InChI=1S/C9H8N2O4/c12-4-10-7-3-1-2-6(9(14)15)8(7)11-5-13/h1-5H,(H,10,12)(H,11,13)(H,14,15). The van der Waals surface area contributed by atoms with Crippen molar-refractivity contribution < 1.29 is 19.5 Å². The third-order valence-corrected chi connectivity index (χ3v) is 1.71. The van der Waals surface area contributed by atoms with Gasteiger partial charge in [0, 0.05) is 0 Å². The lowest BCUT2D eigenvalue weighted by atomic mass is 10.1. The van der Waals surface area contributed by atoms with Crippen molar-refractivity contribution in [2.75, 3.05) is 10.6 Å². The highest BCUT2D eigenvalue weighted by Gasteiger charge is 2.12. The zero-order valence-electron chi connectivity index (χ0n) is 7.56. The summed E-state index contributed by atoms with van der Waals surface area (Å²) in [7, 11) is 0. The lowest BCUT2D eigenvalue weighted by Gasteiger charge is -2.09. The molecule has 1 aromatic rings. The molecule has 0 aromatic heterocycles. The highest BCUT2D eigenvalue weighted by Crippen LogP contribution is 2.25. The highest BCUT2D eigenvalue weighted by molar-refractivity contribution is 6.02. The quantitative estimate of drug-likeness (QED) is 0.614. The second-order valence-electron chi connectivity index (χ2n) is 2.56. The van der Waals surface area contributed by atoms with Gasteiger partial charge in [-0.3, -0.25) is 9.59 Å². The van der Waals surface area contributed by atoms with Crippen molar-refractivity contribution in [2.45, 2.75) is 0 Å². The van der Waals surface area contributed by atoms with E-state index in [1.807, 2.05) is 0 Å². The molecule has 0 fully saturated rings. The molecule has 0 aliphatic heterocycles. The van der Waals surface area contributed by atoms with Crippen LogP contribution >= 0.6 is 0 Å². The fourth-order valence-electron chi connectivity index (χ4n) is 1.13. The van der Waals surface area contributed by atoms with E-state index in [0.717, 1.165) is 0 Å². The molecule has 3 N–H and O–H groups in total. The molecule has 78 valence electrons. The largest absolute Gasteiger partial charge is 0.478 e. The van der Waals surface area contributed by atoms with Crippen LogP contribution in [-0.2, 0) is 9.59 Å². The minimum atomic E-state index is -1.19. The Morgan fingerprint density at radius 2 is 1.87 bits per heavy atom. The predicted molar refractivity (Wildman–Crippen MR) is 52.8 cm³/mol. The van der Waals surface area contributed by atoms with Crippen molar-refractivity contribution in [3.8, 4) is 0 Å². The summed E-state index contributed by atoms with van der Waals surface area (Å²) in [5.41, 5.74) is 0.207. The van der Waals surface area contributed by atoms with Crippen LogP contribution in [0, 0.1) is 0 Å². The van der Waals surface area contributed by atoms with Crippen molar-refractivity contribution in [1.29, 1.82) is 0 Å². The number of hydrogen-bond acceptors (Lipinski definition) is 3. The fraction of sp³-hybridized carbons (Fsp3) is 0. The smallest absolute Gasteiger partial charge is 0.337 e. The number of carboxylic acid groups (broad SMARTS) is 1. The van der Waals surface area contributed by atoms with Crippen molar-refractivity contribution in [2.24, 2.45) is 0 Å². The Hall–Kier alpha value is -2.37. The number of carbonyl (C=O) groups excluding carboxylic acids is 2. The van der Waals surface area contributed by atoms with Gasteiger partial charge in [-0.05, 0) is 12.1 Å². The molecule has 0 saturated carbocycles. The summed E-state index contributed by atoms with van der Waals surface area (Å²) < 4.78 is 0. The molecule has 0 atom stereocenters. The molecule has 0 spiro atoms. The van der Waals surface area contributed by atoms with Crippen LogP contribution in [0.5, 0.6) is 0 Å². The predicted octanol–water partition coefficient (Wildman–Crippen LogP) is 0.521. The molecule has 0 aliphatic carbocycles. The van der Waals surface area contributed by atoms with Crippen LogP contribution in [0.3, 0.4) is 0 Å². The summed E-state index contributed by atoms with van der Waals surface area (Å²) in [6, 6.07) is 4.27. The maximum absolute atomic E-state index is 10.8. The van der Waals surface area contributed by atoms with Gasteiger partial charge in [0.25, 0.3) is 0 Å². The van der Waals surface area contributed by atoms with Gasteiger partial charge in [0.2, 0.25) is 12.8 Å². The topological polar surface area (TPSA) is 95.5 Å². The lowest BCUT2D eigenvalue weighted by molar-refractivity contribution is -0.106. The van der Waals surface area contributed by atoms with Gasteiger partial charge >= 0.3 is 5.97 Å². The molecular weight excluding hydrogens is 200 g/mol. The van der Waals surface area contributed by atoms with Crippen molar-refractivity contribution >= 4 is 30.2 Å². The van der Waals surface area contributed by atoms with Crippen LogP contribution in [0.1, 0.15) is 10.4 Å².